The van der Waals surface area contributed by atoms with Gasteiger partial charge in [0.25, 0.3) is 0 Å². The second kappa shape index (κ2) is 6.52. The van der Waals surface area contributed by atoms with Crippen molar-refractivity contribution in [2.24, 2.45) is 0 Å². The molecule has 0 saturated carbocycles. The van der Waals surface area contributed by atoms with Gasteiger partial charge in [-0.1, -0.05) is 92.7 Å². The van der Waals surface area contributed by atoms with Crippen molar-refractivity contribution >= 4 is 32.4 Å². The number of fused-ring (bicyclic) bond motifs is 7. The molecule has 1 heterocycles. The molecule has 0 N–H and O–H groups in total. The van der Waals surface area contributed by atoms with Gasteiger partial charge in [-0.2, -0.15) is 0 Å². The van der Waals surface area contributed by atoms with E-state index >= 15 is 0 Å². The standard InChI is InChI=1S/C32H23N/c1-32(2)28-12-6-5-11-24(28)25-15-14-21(19-29(25)32)30-26-16-13-20-8-3-4-10-23(20)27(26)18-22-9-7-17-33-31(22)30/h3-19H,1-2H3. The van der Waals surface area contributed by atoms with Gasteiger partial charge in [0.05, 0.1) is 5.52 Å². The van der Waals surface area contributed by atoms with E-state index in [1.165, 1.54) is 60.3 Å². The lowest BCUT2D eigenvalue weighted by atomic mass is 9.81. The maximum absolute atomic E-state index is 4.86. The molecular formula is C32H23N. The Morgan fingerprint density at radius 3 is 2.30 bits per heavy atom. The number of hydrogen-bond donors (Lipinski definition) is 0. The minimum absolute atomic E-state index is 0.0253. The third-order valence-electron chi connectivity index (χ3n) is 7.49. The number of rotatable bonds is 1. The second-order valence-corrected chi connectivity index (χ2v) is 9.64. The topological polar surface area (TPSA) is 12.9 Å². The summed E-state index contributed by atoms with van der Waals surface area (Å²) < 4.78 is 0. The molecular weight excluding hydrogens is 398 g/mol. The Bertz CT molecular complexity index is 1740. The molecule has 0 saturated heterocycles. The van der Waals surface area contributed by atoms with E-state index in [1.807, 2.05) is 12.3 Å². The molecule has 1 nitrogen and oxygen atoms in total. The fourth-order valence-electron chi connectivity index (χ4n) is 5.85. The largest absolute Gasteiger partial charge is 0.256 e. The molecule has 5 aromatic carbocycles. The Balaban J connectivity index is 1.59. The summed E-state index contributed by atoms with van der Waals surface area (Å²) in [6, 6.07) is 35.5. The van der Waals surface area contributed by atoms with Crippen LogP contribution in [0.25, 0.3) is 54.7 Å². The monoisotopic (exact) mass is 421 g/mol. The van der Waals surface area contributed by atoms with Gasteiger partial charge in [-0.3, -0.25) is 4.98 Å². The summed E-state index contributed by atoms with van der Waals surface area (Å²) in [5, 5.41) is 6.28. The van der Waals surface area contributed by atoms with Crippen LogP contribution in [0.5, 0.6) is 0 Å². The predicted octanol–water partition coefficient (Wildman–Crippen LogP) is 8.51. The van der Waals surface area contributed by atoms with Crippen molar-refractivity contribution in [2.45, 2.75) is 19.3 Å². The minimum atomic E-state index is -0.0253. The van der Waals surface area contributed by atoms with E-state index in [9.17, 15) is 0 Å². The lowest BCUT2D eigenvalue weighted by Gasteiger charge is -2.22. The van der Waals surface area contributed by atoms with Crippen molar-refractivity contribution in [3.05, 3.63) is 114 Å². The summed E-state index contributed by atoms with van der Waals surface area (Å²) in [5.74, 6) is 0. The number of aromatic nitrogens is 1. The van der Waals surface area contributed by atoms with E-state index in [2.05, 4.69) is 105 Å². The van der Waals surface area contributed by atoms with Crippen molar-refractivity contribution in [3.8, 4) is 22.3 Å². The molecule has 0 unspecified atom stereocenters. The highest BCUT2D eigenvalue weighted by Gasteiger charge is 2.35. The quantitative estimate of drug-likeness (QED) is 0.191. The molecule has 0 fully saturated rings. The van der Waals surface area contributed by atoms with Crippen LogP contribution in [0.4, 0.5) is 0 Å². The van der Waals surface area contributed by atoms with Crippen molar-refractivity contribution in [1.29, 1.82) is 0 Å². The molecule has 0 radical (unpaired) electrons. The maximum Gasteiger partial charge on any atom is 0.0786 e. The smallest absolute Gasteiger partial charge is 0.0786 e. The van der Waals surface area contributed by atoms with Gasteiger partial charge in [-0.15, -0.1) is 0 Å². The van der Waals surface area contributed by atoms with Crippen LogP contribution >= 0.6 is 0 Å². The van der Waals surface area contributed by atoms with Gasteiger partial charge in [-0.25, -0.2) is 0 Å². The van der Waals surface area contributed by atoms with Gasteiger partial charge in [0.15, 0.2) is 0 Å². The fourth-order valence-corrected chi connectivity index (χ4v) is 5.85. The summed E-state index contributed by atoms with van der Waals surface area (Å²) in [4.78, 5) is 4.86. The third kappa shape index (κ3) is 2.51. The van der Waals surface area contributed by atoms with Crippen molar-refractivity contribution in [1.82, 2.24) is 4.98 Å². The molecule has 0 bridgehead atoms. The SMILES string of the molecule is CC1(C)c2ccccc2-c2ccc(-c3c4ccc5ccccc5c4cc4cccnc34)cc21. The molecule has 156 valence electrons. The maximum atomic E-state index is 4.86. The zero-order valence-electron chi connectivity index (χ0n) is 18.8. The van der Waals surface area contributed by atoms with Crippen LogP contribution in [0.15, 0.2) is 103 Å². The van der Waals surface area contributed by atoms with E-state index in [1.54, 1.807) is 0 Å². The Morgan fingerprint density at radius 1 is 0.576 bits per heavy atom. The van der Waals surface area contributed by atoms with E-state index < -0.39 is 0 Å². The number of hydrogen-bond acceptors (Lipinski definition) is 1. The lowest BCUT2D eigenvalue weighted by molar-refractivity contribution is 0.660. The fraction of sp³-hybridized carbons (Fsp3) is 0.0938. The molecule has 0 amide bonds. The number of pyridine rings is 1. The molecule has 7 rings (SSSR count). The zero-order chi connectivity index (χ0) is 22.2. The van der Waals surface area contributed by atoms with Crippen molar-refractivity contribution in [3.63, 3.8) is 0 Å². The van der Waals surface area contributed by atoms with Gasteiger partial charge in [0.2, 0.25) is 0 Å². The Labute approximate surface area is 193 Å². The second-order valence-electron chi connectivity index (χ2n) is 9.64. The van der Waals surface area contributed by atoms with E-state index in [4.69, 9.17) is 4.98 Å². The van der Waals surface area contributed by atoms with Gasteiger partial charge in [0, 0.05) is 22.6 Å². The Morgan fingerprint density at radius 2 is 1.36 bits per heavy atom. The molecule has 33 heavy (non-hydrogen) atoms. The van der Waals surface area contributed by atoms with Crippen LogP contribution in [-0.4, -0.2) is 4.98 Å². The molecule has 6 aromatic rings. The summed E-state index contributed by atoms with van der Waals surface area (Å²) in [5.41, 5.74) is 9.00. The number of benzene rings is 5. The predicted molar refractivity (Wildman–Crippen MR) is 140 cm³/mol. The molecule has 1 aromatic heterocycles. The average molecular weight is 422 g/mol. The first-order valence-electron chi connectivity index (χ1n) is 11.6. The van der Waals surface area contributed by atoms with Gasteiger partial charge in [0.1, 0.15) is 0 Å². The normalized spacial score (nSPS) is 14.0. The van der Waals surface area contributed by atoms with E-state index in [-0.39, 0.29) is 5.41 Å². The summed E-state index contributed by atoms with van der Waals surface area (Å²) >= 11 is 0. The van der Waals surface area contributed by atoms with E-state index in [0.29, 0.717) is 0 Å². The average Bonchev–Trinajstić information content (AvgIpc) is 3.09. The minimum Gasteiger partial charge on any atom is -0.256 e. The Hall–Kier alpha value is -3.97. The highest BCUT2D eigenvalue weighted by atomic mass is 14.7. The van der Waals surface area contributed by atoms with Gasteiger partial charge in [-0.05, 0) is 67.6 Å². The lowest BCUT2D eigenvalue weighted by Crippen LogP contribution is -2.14. The van der Waals surface area contributed by atoms with E-state index in [0.717, 1.165) is 5.52 Å². The summed E-state index contributed by atoms with van der Waals surface area (Å²) in [7, 11) is 0. The zero-order valence-corrected chi connectivity index (χ0v) is 18.8. The van der Waals surface area contributed by atoms with Crippen molar-refractivity contribution in [2.75, 3.05) is 0 Å². The first-order valence-corrected chi connectivity index (χ1v) is 11.6. The Kier molecular flexibility index (Phi) is 3.67. The van der Waals surface area contributed by atoms with Crippen LogP contribution < -0.4 is 0 Å². The van der Waals surface area contributed by atoms with Crippen LogP contribution in [-0.2, 0) is 5.41 Å². The summed E-state index contributed by atoms with van der Waals surface area (Å²) in [6.45, 7) is 4.68. The molecule has 0 spiro atoms. The molecule has 1 aliphatic carbocycles. The molecule has 1 heteroatoms. The highest BCUT2D eigenvalue weighted by molar-refractivity contribution is 6.19. The first kappa shape index (κ1) is 18.6. The van der Waals surface area contributed by atoms with Crippen LogP contribution in [0, 0.1) is 0 Å². The van der Waals surface area contributed by atoms with Crippen LogP contribution in [0.2, 0.25) is 0 Å². The van der Waals surface area contributed by atoms with Gasteiger partial charge < -0.3 is 0 Å². The van der Waals surface area contributed by atoms with Crippen molar-refractivity contribution < 1.29 is 0 Å². The molecule has 0 atom stereocenters. The number of nitrogens with zero attached hydrogens (tertiary/aromatic N) is 1. The first-order chi connectivity index (χ1) is 16.1. The molecule has 1 aliphatic rings. The van der Waals surface area contributed by atoms with Gasteiger partial charge >= 0.3 is 0 Å². The van der Waals surface area contributed by atoms with Crippen LogP contribution in [0.1, 0.15) is 25.0 Å². The third-order valence-corrected chi connectivity index (χ3v) is 7.49. The molecule has 0 aliphatic heterocycles. The highest BCUT2D eigenvalue weighted by Crippen LogP contribution is 2.50. The van der Waals surface area contributed by atoms with Crippen LogP contribution in [0.3, 0.4) is 0 Å². The summed E-state index contributed by atoms with van der Waals surface area (Å²) in [6.07, 6.45) is 1.91.